The van der Waals surface area contributed by atoms with Gasteiger partial charge in [-0.25, -0.2) is 4.98 Å². The van der Waals surface area contributed by atoms with E-state index in [1.807, 2.05) is 39.0 Å². The zero-order chi connectivity index (χ0) is 24.7. The number of carbonyl (C=O) groups excluding carboxylic acids is 2. The van der Waals surface area contributed by atoms with Crippen molar-refractivity contribution in [1.29, 1.82) is 0 Å². The highest BCUT2D eigenvalue weighted by Gasteiger charge is 2.67. The second-order valence-corrected chi connectivity index (χ2v) is 11.5. The number of Topliss-reactive ketones (excluding diaryl/α,β-unsaturated/α-hetero) is 1. The van der Waals surface area contributed by atoms with Gasteiger partial charge in [0.2, 0.25) is 0 Å². The number of cyclic esters (lactones) is 1. The number of esters is 1. The van der Waals surface area contributed by atoms with Crippen LogP contribution in [0.3, 0.4) is 0 Å². The molecule has 0 bridgehead atoms. The minimum atomic E-state index is -0.519. The van der Waals surface area contributed by atoms with E-state index in [0.717, 1.165) is 42.3 Å². The normalized spacial score (nSPS) is 33.4. The molecular weight excluding hydrogens is 430 g/mol. The van der Waals surface area contributed by atoms with Crippen LogP contribution in [0.25, 0.3) is 11.1 Å². The van der Waals surface area contributed by atoms with Gasteiger partial charge in [0.1, 0.15) is 23.5 Å². The Labute approximate surface area is 202 Å². The van der Waals surface area contributed by atoms with Gasteiger partial charge in [-0.1, -0.05) is 39.7 Å². The molecule has 4 rings (SSSR count). The van der Waals surface area contributed by atoms with Crippen LogP contribution in [0.4, 0.5) is 0 Å². The second kappa shape index (κ2) is 9.10. The molecule has 2 fully saturated rings. The third-order valence-corrected chi connectivity index (χ3v) is 8.37. The van der Waals surface area contributed by atoms with Gasteiger partial charge >= 0.3 is 5.97 Å². The molecule has 0 saturated carbocycles. The largest absolute Gasteiger partial charge is 0.465 e. The molecule has 2 aliphatic heterocycles. The van der Waals surface area contributed by atoms with Crippen LogP contribution < -0.4 is 0 Å². The van der Waals surface area contributed by atoms with Crippen molar-refractivity contribution in [3.63, 3.8) is 0 Å². The summed E-state index contributed by atoms with van der Waals surface area (Å²) in [6.07, 6.45) is 5.24. The molecule has 0 spiro atoms. The molecule has 2 saturated heterocycles. The lowest BCUT2D eigenvalue weighted by Gasteiger charge is -2.26. The molecule has 0 aliphatic carbocycles. The van der Waals surface area contributed by atoms with Crippen LogP contribution in [-0.4, -0.2) is 34.5 Å². The quantitative estimate of drug-likeness (QED) is 0.361. The predicted molar refractivity (Wildman–Crippen MR) is 131 cm³/mol. The number of epoxide rings is 1. The first-order valence-corrected chi connectivity index (χ1v) is 12.7. The zero-order valence-electron chi connectivity index (χ0n) is 21.5. The molecule has 0 amide bonds. The Hall–Kier alpha value is -2.21. The summed E-state index contributed by atoms with van der Waals surface area (Å²) in [6.45, 7) is 12.5. The first-order chi connectivity index (χ1) is 15.9. The monoisotopic (exact) mass is 469 g/mol. The van der Waals surface area contributed by atoms with Crippen molar-refractivity contribution < 1.29 is 23.5 Å². The summed E-state index contributed by atoms with van der Waals surface area (Å²) < 4.78 is 17.9. The van der Waals surface area contributed by atoms with Crippen molar-refractivity contribution in [1.82, 2.24) is 4.98 Å². The maximum absolute atomic E-state index is 12.8. The minimum absolute atomic E-state index is 0.122. The number of oxazole rings is 1. The first kappa shape index (κ1) is 24.9. The van der Waals surface area contributed by atoms with E-state index in [1.54, 1.807) is 0 Å². The number of ketones is 1. The summed E-state index contributed by atoms with van der Waals surface area (Å²) in [4.78, 5) is 30.0. The van der Waals surface area contributed by atoms with Crippen molar-refractivity contribution in [2.24, 2.45) is 11.3 Å². The van der Waals surface area contributed by atoms with Crippen LogP contribution >= 0.6 is 0 Å². The van der Waals surface area contributed by atoms with E-state index in [4.69, 9.17) is 13.9 Å². The van der Waals surface area contributed by atoms with Crippen molar-refractivity contribution in [3.05, 3.63) is 29.7 Å². The Kier molecular flexibility index (Phi) is 6.67. The average Bonchev–Trinajstić information content (AvgIpc) is 3.11. The minimum Gasteiger partial charge on any atom is -0.465 e. The van der Waals surface area contributed by atoms with Gasteiger partial charge in [0, 0.05) is 31.1 Å². The number of aryl methyl sites for hydroxylation is 1. The zero-order valence-corrected chi connectivity index (χ0v) is 21.5. The van der Waals surface area contributed by atoms with Gasteiger partial charge in [-0.15, -0.1) is 0 Å². The highest BCUT2D eigenvalue weighted by molar-refractivity contribution is 5.84. The van der Waals surface area contributed by atoms with Gasteiger partial charge in [0.15, 0.2) is 11.5 Å². The summed E-state index contributed by atoms with van der Waals surface area (Å²) >= 11 is 0. The number of fused-ring (bicyclic) bond motifs is 2. The van der Waals surface area contributed by atoms with Gasteiger partial charge in [-0.3, -0.25) is 9.59 Å². The van der Waals surface area contributed by atoms with E-state index >= 15 is 0 Å². The lowest BCUT2D eigenvalue weighted by molar-refractivity contribution is -0.145. The SMILES string of the molecule is Cc1nc2cc(C3COC(=O)CCC(C)(C)C(=O)CCC(C)CCCC4(C)OC34C)ccc2o1. The topological polar surface area (TPSA) is 81.9 Å². The Balaban J connectivity index is 1.60. The Morgan fingerprint density at radius 3 is 2.56 bits per heavy atom. The molecule has 2 aromatic rings. The standard InChI is InChI=1S/C28H39NO5/c1-18-8-7-14-27(5)28(6,34-27)21(20-10-11-23-22(16-20)29-19(2)33-23)17-32-25(31)13-15-26(3,4)24(30)12-9-18/h10-11,16,18,21H,7-9,12-15,17H2,1-6H3. The maximum Gasteiger partial charge on any atom is 0.305 e. The summed E-state index contributed by atoms with van der Waals surface area (Å²) in [7, 11) is 0. The third-order valence-electron chi connectivity index (χ3n) is 8.37. The van der Waals surface area contributed by atoms with Gasteiger partial charge in [-0.2, -0.15) is 0 Å². The van der Waals surface area contributed by atoms with Crippen molar-refractivity contribution in [2.45, 2.75) is 104 Å². The number of rotatable bonds is 1. The van der Waals surface area contributed by atoms with Crippen LogP contribution in [0, 0.1) is 18.3 Å². The Morgan fingerprint density at radius 2 is 1.79 bits per heavy atom. The van der Waals surface area contributed by atoms with E-state index in [0.29, 0.717) is 24.7 Å². The van der Waals surface area contributed by atoms with E-state index in [2.05, 4.69) is 25.8 Å². The number of carbonyl (C=O) groups is 2. The fourth-order valence-corrected chi connectivity index (χ4v) is 5.48. The highest BCUT2D eigenvalue weighted by Crippen LogP contribution is 2.58. The molecule has 0 radical (unpaired) electrons. The van der Waals surface area contributed by atoms with Crippen LogP contribution in [-0.2, 0) is 19.1 Å². The van der Waals surface area contributed by atoms with E-state index in [-0.39, 0.29) is 36.3 Å². The molecule has 3 heterocycles. The van der Waals surface area contributed by atoms with Crippen LogP contribution in [0.1, 0.15) is 96.9 Å². The fourth-order valence-electron chi connectivity index (χ4n) is 5.48. The van der Waals surface area contributed by atoms with Crippen LogP contribution in [0.15, 0.2) is 22.6 Å². The molecule has 1 aromatic heterocycles. The van der Waals surface area contributed by atoms with Crippen LogP contribution in [0.5, 0.6) is 0 Å². The highest BCUT2D eigenvalue weighted by atomic mass is 16.6. The van der Waals surface area contributed by atoms with Crippen molar-refractivity contribution in [3.8, 4) is 0 Å². The first-order valence-electron chi connectivity index (χ1n) is 12.7. The third kappa shape index (κ3) is 4.93. The fraction of sp³-hybridized carbons (Fsp3) is 0.679. The van der Waals surface area contributed by atoms with Crippen molar-refractivity contribution >= 4 is 22.9 Å². The second-order valence-electron chi connectivity index (χ2n) is 11.5. The number of hydrogen-bond acceptors (Lipinski definition) is 6. The lowest BCUT2D eigenvalue weighted by atomic mass is 9.77. The maximum atomic E-state index is 12.8. The molecule has 2 aliphatic rings. The predicted octanol–water partition coefficient (Wildman–Crippen LogP) is 6.29. The lowest BCUT2D eigenvalue weighted by Crippen LogP contribution is -2.32. The Morgan fingerprint density at radius 1 is 1.03 bits per heavy atom. The summed E-state index contributed by atoms with van der Waals surface area (Å²) in [5.41, 5.74) is 1.34. The van der Waals surface area contributed by atoms with E-state index < -0.39 is 11.0 Å². The molecule has 1 aromatic carbocycles. The molecule has 4 atom stereocenters. The van der Waals surface area contributed by atoms with Gasteiger partial charge in [0.25, 0.3) is 0 Å². The van der Waals surface area contributed by atoms with Crippen molar-refractivity contribution in [2.75, 3.05) is 6.61 Å². The summed E-state index contributed by atoms with van der Waals surface area (Å²) in [5, 5.41) is 0. The summed E-state index contributed by atoms with van der Waals surface area (Å²) in [5.74, 6) is 0.957. The van der Waals surface area contributed by atoms with E-state index in [9.17, 15) is 9.59 Å². The molecule has 34 heavy (non-hydrogen) atoms. The average molecular weight is 470 g/mol. The molecule has 6 heteroatoms. The number of nitrogens with zero attached hydrogens (tertiary/aromatic N) is 1. The molecule has 4 unspecified atom stereocenters. The molecule has 6 nitrogen and oxygen atoms in total. The van der Waals surface area contributed by atoms with Crippen LogP contribution in [0.2, 0.25) is 0 Å². The smallest absolute Gasteiger partial charge is 0.305 e. The Bertz CT molecular complexity index is 1070. The number of hydrogen-bond donors (Lipinski definition) is 0. The van der Waals surface area contributed by atoms with Gasteiger partial charge in [-0.05, 0) is 56.7 Å². The van der Waals surface area contributed by atoms with Gasteiger partial charge in [0.05, 0.1) is 5.60 Å². The van der Waals surface area contributed by atoms with E-state index in [1.165, 1.54) is 0 Å². The molecular formula is C28H39NO5. The molecule has 186 valence electrons. The summed E-state index contributed by atoms with van der Waals surface area (Å²) in [6, 6.07) is 5.99. The number of ether oxygens (including phenoxy) is 2. The number of aromatic nitrogens is 1. The molecule has 0 N–H and O–H groups in total. The number of benzene rings is 1. The van der Waals surface area contributed by atoms with Gasteiger partial charge < -0.3 is 13.9 Å².